The van der Waals surface area contributed by atoms with E-state index in [1.807, 2.05) is 59.2 Å². The predicted octanol–water partition coefficient (Wildman–Crippen LogP) is 3.78. The van der Waals surface area contributed by atoms with Crippen molar-refractivity contribution in [3.8, 4) is 11.1 Å². The molecule has 2 amide bonds. The zero-order chi connectivity index (χ0) is 24.2. The molecule has 176 valence electrons. The van der Waals surface area contributed by atoms with E-state index in [-0.39, 0.29) is 12.5 Å². The van der Waals surface area contributed by atoms with Crippen molar-refractivity contribution >= 4 is 18.0 Å². The normalized spacial score (nSPS) is 14.5. The summed E-state index contributed by atoms with van der Waals surface area (Å²) in [4.78, 5) is 35.3. The number of amides is 2. The lowest BCUT2D eigenvalue weighted by Crippen LogP contribution is -2.54. The number of hydrogen-bond acceptors (Lipinski definition) is 4. The molecule has 3 rings (SSSR count). The first-order valence-corrected chi connectivity index (χ1v) is 10.7. The molecule has 7 nitrogen and oxygen atoms in total. The second-order valence-electron chi connectivity index (χ2n) is 8.06. The fourth-order valence-corrected chi connectivity index (χ4v) is 3.84. The fraction of sp³-hybridized carbons (Fsp3) is 0.375. The van der Waals surface area contributed by atoms with Gasteiger partial charge in [-0.1, -0.05) is 68.8 Å². The zero-order valence-electron chi connectivity index (χ0n) is 18.3. The van der Waals surface area contributed by atoms with Gasteiger partial charge < -0.3 is 20.5 Å². The SMILES string of the molecule is CCC(C)[C@H](NC(=O)C(F)(F)CNC(=O)OCC1c2ccccc2-c2ccccc21)C(=O)O. The summed E-state index contributed by atoms with van der Waals surface area (Å²) in [5.41, 5.74) is 4.00. The van der Waals surface area contributed by atoms with Crippen LogP contribution in [0.1, 0.15) is 37.3 Å². The van der Waals surface area contributed by atoms with Gasteiger partial charge in [-0.3, -0.25) is 4.79 Å². The Bertz CT molecular complexity index is 998. The lowest BCUT2D eigenvalue weighted by atomic mass is 9.98. The zero-order valence-corrected chi connectivity index (χ0v) is 18.3. The number of halogens is 2. The Hall–Kier alpha value is -3.49. The molecule has 0 radical (unpaired) electrons. The van der Waals surface area contributed by atoms with E-state index in [0.29, 0.717) is 6.42 Å². The lowest BCUT2D eigenvalue weighted by molar-refractivity contribution is -0.151. The van der Waals surface area contributed by atoms with Crippen molar-refractivity contribution < 1.29 is 33.0 Å². The lowest BCUT2D eigenvalue weighted by Gasteiger charge is -2.23. The number of hydrogen-bond donors (Lipinski definition) is 3. The summed E-state index contributed by atoms with van der Waals surface area (Å²) in [6.45, 7) is 1.84. The molecule has 2 atom stereocenters. The van der Waals surface area contributed by atoms with Crippen molar-refractivity contribution in [1.82, 2.24) is 10.6 Å². The molecule has 1 unspecified atom stereocenters. The Morgan fingerprint density at radius 1 is 1.06 bits per heavy atom. The highest BCUT2D eigenvalue weighted by Gasteiger charge is 2.42. The van der Waals surface area contributed by atoms with Crippen LogP contribution < -0.4 is 10.6 Å². The van der Waals surface area contributed by atoms with Gasteiger partial charge in [-0.05, 0) is 28.2 Å². The van der Waals surface area contributed by atoms with Gasteiger partial charge >= 0.3 is 18.0 Å². The number of aliphatic carboxylic acids is 1. The predicted molar refractivity (Wildman–Crippen MR) is 117 cm³/mol. The number of rotatable bonds is 9. The number of fused-ring (bicyclic) bond motifs is 3. The molecule has 33 heavy (non-hydrogen) atoms. The van der Waals surface area contributed by atoms with Gasteiger partial charge in [0.25, 0.3) is 5.91 Å². The molecule has 0 aromatic heterocycles. The molecule has 0 heterocycles. The largest absolute Gasteiger partial charge is 0.480 e. The molecular formula is C24H26F2N2O5. The third-order valence-corrected chi connectivity index (χ3v) is 5.90. The van der Waals surface area contributed by atoms with Crippen LogP contribution in [0.4, 0.5) is 13.6 Å². The molecule has 2 aromatic carbocycles. The van der Waals surface area contributed by atoms with Crippen molar-refractivity contribution in [3.05, 3.63) is 59.7 Å². The molecular weight excluding hydrogens is 434 g/mol. The smallest absolute Gasteiger partial charge is 0.407 e. The van der Waals surface area contributed by atoms with Crippen LogP contribution in [0.25, 0.3) is 11.1 Å². The number of nitrogens with one attached hydrogen (secondary N) is 2. The fourth-order valence-electron chi connectivity index (χ4n) is 3.84. The average molecular weight is 460 g/mol. The first kappa shape index (κ1) is 24.2. The molecule has 0 fully saturated rings. The van der Waals surface area contributed by atoms with Crippen molar-refractivity contribution in [2.24, 2.45) is 5.92 Å². The number of ether oxygens (including phenoxy) is 1. The van der Waals surface area contributed by atoms with Gasteiger partial charge in [-0.25, -0.2) is 9.59 Å². The van der Waals surface area contributed by atoms with E-state index in [1.165, 1.54) is 6.92 Å². The summed E-state index contributed by atoms with van der Waals surface area (Å²) < 4.78 is 33.6. The Morgan fingerprint density at radius 2 is 1.61 bits per heavy atom. The molecule has 0 aliphatic heterocycles. The monoisotopic (exact) mass is 460 g/mol. The summed E-state index contributed by atoms with van der Waals surface area (Å²) >= 11 is 0. The number of benzene rings is 2. The van der Waals surface area contributed by atoms with Gasteiger partial charge in [0, 0.05) is 5.92 Å². The van der Waals surface area contributed by atoms with E-state index in [2.05, 4.69) is 0 Å². The Kier molecular flexibility index (Phi) is 7.30. The maximum Gasteiger partial charge on any atom is 0.407 e. The van der Waals surface area contributed by atoms with Crippen molar-refractivity contribution in [2.45, 2.75) is 38.2 Å². The molecule has 1 aliphatic rings. The number of carboxylic acids is 1. The molecule has 0 saturated carbocycles. The van der Waals surface area contributed by atoms with Crippen LogP contribution in [0.15, 0.2) is 48.5 Å². The molecule has 3 N–H and O–H groups in total. The van der Waals surface area contributed by atoms with Crippen LogP contribution in [0, 0.1) is 5.92 Å². The van der Waals surface area contributed by atoms with Crippen molar-refractivity contribution in [1.29, 1.82) is 0 Å². The van der Waals surface area contributed by atoms with Crippen LogP contribution in [0.3, 0.4) is 0 Å². The molecule has 9 heteroatoms. The first-order valence-electron chi connectivity index (χ1n) is 10.7. The Balaban J connectivity index is 1.57. The second-order valence-corrected chi connectivity index (χ2v) is 8.06. The highest BCUT2D eigenvalue weighted by Crippen LogP contribution is 2.44. The molecule has 0 bridgehead atoms. The van der Waals surface area contributed by atoms with E-state index < -0.39 is 42.4 Å². The maximum atomic E-state index is 14.2. The summed E-state index contributed by atoms with van der Waals surface area (Å²) in [7, 11) is 0. The summed E-state index contributed by atoms with van der Waals surface area (Å²) in [6.07, 6.45) is -0.720. The molecule has 1 aliphatic carbocycles. The molecule has 2 aromatic rings. The third-order valence-electron chi connectivity index (χ3n) is 5.90. The number of carboxylic acid groups (broad SMARTS) is 1. The summed E-state index contributed by atoms with van der Waals surface area (Å²) in [5, 5.41) is 12.9. The Labute approximate surface area is 190 Å². The third kappa shape index (κ3) is 5.30. The second kappa shape index (κ2) is 9.97. The topological polar surface area (TPSA) is 105 Å². The maximum absolute atomic E-state index is 14.2. The van der Waals surface area contributed by atoms with Gasteiger partial charge in [-0.15, -0.1) is 0 Å². The highest BCUT2D eigenvalue weighted by molar-refractivity contribution is 5.88. The van der Waals surface area contributed by atoms with E-state index in [4.69, 9.17) is 4.74 Å². The minimum atomic E-state index is -4.01. The van der Waals surface area contributed by atoms with Crippen LogP contribution in [-0.2, 0) is 14.3 Å². The summed E-state index contributed by atoms with van der Waals surface area (Å²) in [5.74, 6) is -7.96. The minimum Gasteiger partial charge on any atom is -0.480 e. The van der Waals surface area contributed by atoms with E-state index in [1.54, 1.807) is 6.92 Å². The van der Waals surface area contributed by atoms with Crippen molar-refractivity contribution in [3.63, 3.8) is 0 Å². The van der Waals surface area contributed by atoms with E-state index >= 15 is 0 Å². The van der Waals surface area contributed by atoms with Gasteiger partial charge in [0.2, 0.25) is 0 Å². The van der Waals surface area contributed by atoms with Gasteiger partial charge in [0.05, 0.1) is 6.54 Å². The van der Waals surface area contributed by atoms with Gasteiger partial charge in [0.15, 0.2) is 0 Å². The minimum absolute atomic E-state index is 0.0628. The average Bonchev–Trinajstić information content (AvgIpc) is 3.12. The molecule has 0 spiro atoms. The number of carbonyl (C=O) groups excluding carboxylic acids is 2. The van der Waals surface area contributed by atoms with Crippen molar-refractivity contribution in [2.75, 3.05) is 13.2 Å². The molecule has 0 saturated heterocycles. The van der Waals surface area contributed by atoms with Gasteiger partial charge in [-0.2, -0.15) is 8.78 Å². The number of alkyl carbamates (subject to hydrolysis) is 1. The highest BCUT2D eigenvalue weighted by atomic mass is 19.3. The van der Waals surface area contributed by atoms with Crippen LogP contribution in [0.5, 0.6) is 0 Å². The number of carbonyl (C=O) groups is 3. The number of alkyl halides is 2. The van der Waals surface area contributed by atoms with Crippen LogP contribution in [0.2, 0.25) is 0 Å². The van der Waals surface area contributed by atoms with Gasteiger partial charge in [0.1, 0.15) is 12.6 Å². The van der Waals surface area contributed by atoms with Crippen LogP contribution in [-0.4, -0.2) is 48.2 Å². The first-order chi connectivity index (χ1) is 15.7. The van der Waals surface area contributed by atoms with E-state index in [9.17, 15) is 28.3 Å². The standard InChI is InChI=1S/C24H26F2N2O5/c1-3-14(2)20(21(29)30)28-22(31)24(25,26)13-27-23(32)33-12-19-17-10-6-4-8-15(17)16-9-5-7-11-18(16)19/h4-11,14,19-20H,3,12-13H2,1-2H3,(H,27,32)(H,28,31)(H,29,30)/t14?,20-/m0/s1. The quantitative estimate of drug-likeness (QED) is 0.528. The van der Waals surface area contributed by atoms with Crippen LogP contribution >= 0.6 is 0 Å². The van der Waals surface area contributed by atoms with E-state index in [0.717, 1.165) is 22.3 Å². The Morgan fingerprint density at radius 3 is 2.12 bits per heavy atom. The summed E-state index contributed by atoms with van der Waals surface area (Å²) in [6, 6.07) is 13.9.